The number of Topliss-reactive ketones (excluding diaryl/α,β-unsaturated/α-hetero) is 1. The molecule has 0 fully saturated rings. The van der Waals surface area contributed by atoms with E-state index in [1.807, 2.05) is 35.8 Å². The van der Waals surface area contributed by atoms with Gasteiger partial charge in [0.2, 0.25) is 11.8 Å². The third kappa shape index (κ3) is 3.80. The van der Waals surface area contributed by atoms with Gasteiger partial charge in [0.1, 0.15) is 12.6 Å². The zero-order valence-electron chi connectivity index (χ0n) is 16.1. The van der Waals surface area contributed by atoms with Crippen LogP contribution in [0.15, 0.2) is 42.9 Å². The minimum absolute atomic E-state index is 0.0410. The minimum atomic E-state index is -0.486. The molecule has 0 saturated heterocycles. The van der Waals surface area contributed by atoms with Gasteiger partial charge in [0, 0.05) is 35.9 Å². The number of nitrogens with one attached hydrogen (secondary N) is 2. The molecule has 0 radical (unpaired) electrons. The lowest BCUT2D eigenvalue weighted by atomic mass is 10.1. The first-order chi connectivity index (χ1) is 13.4. The molecule has 1 aromatic carbocycles. The van der Waals surface area contributed by atoms with Crippen molar-refractivity contribution in [2.75, 3.05) is 12.4 Å². The summed E-state index contributed by atoms with van der Waals surface area (Å²) in [7, 11) is 1.55. The molecule has 0 aliphatic rings. The van der Waals surface area contributed by atoms with Crippen molar-refractivity contribution >= 4 is 34.2 Å². The largest absolute Gasteiger partial charge is 0.358 e. The average molecular weight is 381 g/mol. The Morgan fingerprint density at radius 2 is 1.93 bits per heavy atom. The third-order valence-electron chi connectivity index (χ3n) is 4.63. The van der Waals surface area contributed by atoms with Crippen LogP contribution >= 0.6 is 0 Å². The van der Waals surface area contributed by atoms with Gasteiger partial charge >= 0.3 is 0 Å². The Kier molecular flexibility index (Phi) is 5.58. The molecule has 0 spiro atoms. The number of benzene rings is 1. The molecule has 8 nitrogen and oxygen atoms in total. The number of carbonyl (C=O) groups is 3. The summed E-state index contributed by atoms with van der Waals surface area (Å²) in [6, 6.07) is 7.06. The lowest BCUT2D eigenvalue weighted by molar-refractivity contribution is -0.121. The molecule has 146 valence electrons. The molecule has 2 aromatic heterocycles. The molecule has 8 heteroatoms. The van der Waals surface area contributed by atoms with Gasteiger partial charge in [-0.2, -0.15) is 5.10 Å². The van der Waals surface area contributed by atoms with Crippen LogP contribution in [0.5, 0.6) is 0 Å². The standard InChI is InChI=1S/C20H23N5O3/c1-4-17(20(28)23-14-9-22-24(10-14)12-19(27)21-3)25-11-16(13(2)26)15-7-5-6-8-18(15)25/h5-11,17H,4,12H2,1-3H3,(H,21,27)(H,23,28). The summed E-state index contributed by atoms with van der Waals surface area (Å²) in [6.07, 6.45) is 5.40. The van der Waals surface area contributed by atoms with E-state index in [2.05, 4.69) is 15.7 Å². The molecule has 28 heavy (non-hydrogen) atoms. The summed E-state index contributed by atoms with van der Waals surface area (Å²) < 4.78 is 3.30. The van der Waals surface area contributed by atoms with E-state index in [1.165, 1.54) is 17.8 Å². The topological polar surface area (TPSA) is 98.0 Å². The molecular formula is C20H23N5O3. The lowest BCUT2D eigenvalue weighted by Gasteiger charge is -2.17. The van der Waals surface area contributed by atoms with E-state index in [-0.39, 0.29) is 24.1 Å². The molecule has 0 aliphatic heterocycles. The summed E-state index contributed by atoms with van der Waals surface area (Å²) in [6.45, 7) is 3.52. The zero-order chi connectivity index (χ0) is 20.3. The minimum Gasteiger partial charge on any atom is -0.358 e. The van der Waals surface area contributed by atoms with E-state index in [0.29, 0.717) is 17.7 Å². The quantitative estimate of drug-likeness (QED) is 0.614. The molecular weight excluding hydrogens is 358 g/mol. The van der Waals surface area contributed by atoms with Crippen molar-refractivity contribution in [1.29, 1.82) is 0 Å². The fourth-order valence-electron chi connectivity index (χ4n) is 3.22. The summed E-state index contributed by atoms with van der Waals surface area (Å²) in [5, 5.41) is 10.3. The van der Waals surface area contributed by atoms with Crippen LogP contribution in [-0.2, 0) is 16.1 Å². The molecule has 0 bridgehead atoms. The van der Waals surface area contributed by atoms with Gasteiger partial charge in [0.25, 0.3) is 0 Å². The number of fused-ring (bicyclic) bond motifs is 1. The normalized spacial score (nSPS) is 12.0. The first-order valence-corrected chi connectivity index (χ1v) is 9.09. The van der Waals surface area contributed by atoms with Crippen molar-refractivity contribution in [3.8, 4) is 0 Å². The maximum atomic E-state index is 12.9. The fourth-order valence-corrected chi connectivity index (χ4v) is 3.22. The molecule has 2 heterocycles. The molecule has 2 N–H and O–H groups in total. The Morgan fingerprint density at radius 1 is 1.18 bits per heavy atom. The molecule has 3 rings (SSSR count). The molecule has 1 unspecified atom stereocenters. The van der Waals surface area contributed by atoms with Gasteiger partial charge in [0.15, 0.2) is 5.78 Å². The highest BCUT2D eigenvalue weighted by Gasteiger charge is 2.23. The number of likely N-dealkylation sites (N-methyl/N-ethyl adjacent to an activating group) is 1. The van der Waals surface area contributed by atoms with Crippen LogP contribution in [0.1, 0.15) is 36.7 Å². The van der Waals surface area contributed by atoms with Crippen molar-refractivity contribution in [3.63, 3.8) is 0 Å². The lowest BCUT2D eigenvalue weighted by Crippen LogP contribution is -2.25. The highest BCUT2D eigenvalue weighted by atomic mass is 16.2. The highest BCUT2D eigenvalue weighted by molar-refractivity contribution is 6.07. The second-order valence-electron chi connectivity index (χ2n) is 6.54. The number of hydrogen-bond donors (Lipinski definition) is 2. The first kappa shape index (κ1) is 19.3. The summed E-state index contributed by atoms with van der Waals surface area (Å²) in [5.74, 6) is -0.429. The zero-order valence-corrected chi connectivity index (χ0v) is 16.1. The number of nitrogens with zero attached hydrogens (tertiary/aromatic N) is 3. The van der Waals surface area contributed by atoms with Crippen molar-refractivity contribution in [1.82, 2.24) is 19.7 Å². The van der Waals surface area contributed by atoms with E-state index >= 15 is 0 Å². The molecule has 3 aromatic rings. The van der Waals surface area contributed by atoms with Gasteiger partial charge in [-0.25, -0.2) is 0 Å². The van der Waals surface area contributed by atoms with E-state index in [1.54, 1.807) is 19.4 Å². The van der Waals surface area contributed by atoms with E-state index in [9.17, 15) is 14.4 Å². The van der Waals surface area contributed by atoms with E-state index < -0.39 is 6.04 Å². The Balaban J connectivity index is 1.86. The number of amides is 2. The van der Waals surface area contributed by atoms with E-state index in [4.69, 9.17) is 0 Å². The fraction of sp³-hybridized carbons (Fsp3) is 0.300. The second kappa shape index (κ2) is 8.08. The number of hydrogen-bond acceptors (Lipinski definition) is 4. The van der Waals surface area contributed by atoms with E-state index in [0.717, 1.165) is 10.9 Å². The number of ketones is 1. The van der Waals surface area contributed by atoms with Crippen LogP contribution in [0.4, 0.5) is 5.69 Å². The van der Waals surface area contributed by atoms with Crippen molar-refractivity contribution in [3.05, 3.63) is 48.4 Å². The molecule has 2 amide bonds. The predicted molar refractivity (Wildman–Crippen MR) is 106 cm³/mol. The van der Waals surface area contributed by atoms with Crippen molar-refractivity contribution < 1.29 is 14.4 Å². The maximum absolute atomic E-state index is 12.9. The van der Waals surface area contributed by atoms with Crippen LogP contribution in [-0.4, -0.2) is 39.0 Å². The molecule has 1 atom stereocenters. The Hall–Kier alpha value is -3.42. The SMILES string of the molecule is CCC(C(=O)Nc1cnn(CC(=O)NC)c1)n1cc(C(C)=O)c2ccccc21. The van der Waals surface area contributed by atoms with Gasteiger partial charge in [-0.1, -0.05) is 25.1 Å². The van der Waals surface area contributed by atoms with Crippen LogP contribution < -0.4 is 10.6 Å². The maximum Gasteiger partial charge on any atom is 0.247 e. The Morgan fingerprint density at radius 3 is 2.61 bits per heavy atom. The van der Waals surface area contributed by atoms with Gasteiger partial charge in [-0.05, 0) is 19.4 Å². The number of carbonyl (C=O) groups excluding carboxylic acids is 3. The number of para-hydroxylation sites is 1. The number of rotatable bonds is 7. The highest BCUT2D eigenvalue weighted by Crippen LogP contribution is 2.27. The van der Waals surface area contributed by atoms with Crippen LogP contribution in [0.2, 0.25) is 0 Å². The number of anilines is 1. The van der Waals surface area contributed by atoms with Gasteiger partial charge in [0.05, 0.1) is 11.9 Å². The van der Waals surface area contributed by atoms with Crippen LogP contribution in [0, 0.1) is 0 Å². The van der Waals surface area contributed by atoms with Crippen molar-refractivity contribution in [2.45, 2.75) is 32.9 Å². The van der Waals surface area contributed by atoms with Crippen molar-refractivity contribution in [2.24, 2.45) is 0 Å². The Bertz CT molecular complexity index is 1030. The Labute approximate surface area is 162 Å². The van der Waals surface area contributed by atoms with Gasteiger partial charge in [-0.15, -0.1) is 0 Å². The van der Waals surface area contributed by atoms with Crippen LogP contribution in [0.3, 0.4) is 0 Å². The van der Waals surface area contributed by atoms with Gasteiger partial charge < -0.3 is 15.2 Å². The summed E-state index contributed by atoms with van der Waals surface area (Å²) in [4.78, 5) is 36.4. The summed E-state index contributed by atoms with van der Waals surface area (Å²) in [5.41, 5.74) is 1.95. The molecule has 0 saturated carbocycles. The first-order valence-electron chi connectivity index (χ1n) is 9.09. The third-order valence-corrected chi connectivity index (χ3v) is 4.63. The summed E-state index contributed by atoms with van der Waals surface area (Å²) >= 11 is 0. The second-order valence-corrected chi connectivity index (χ2v) is 6.54. The monoisotopic (exact) mass is 381 g/mol. The average Bonchev–Trinajstić information content (AvgIpc) is 3.27. The van der Waals surface area contributed by atoms with Gasteiger partial charge in [-0.3, -0.25) is 19.1 Å². The van der Waals surface area contributed by atoms with Crippen LogP contribution in [0.25, 0.3) is 10.9 Å². The smallest absolute Gasteiger partial charge is 0.247 e. The number of aromatic nitrogens is 3. The molecule has 0 aliphatic carbocycles. The predicted octanol–water partition coefficient (Wildman–Crippen LogP) is 2.38.